The predicted molar refractivity (Wildman–Crippen MR) is 96.1 cm³/mol. The van der Waals surface area contributed by atoms with Crippen LogP contribution < -0.4 is 10.6 Å². The third kappa shape index (κ3) is 4.55. The molecule has 1 aliphatic heterocycles. The SMILES string of the molecule is Fc1ccc(CNC(=S)NC[C@H](c2ccco2)N2CCCC2)cc1. The Morgan fingerprint density at radius 1 is 1.17 bits per heavy atom. The van der Waals surface area contributed by atoms with Crippen molar-refractivity contribution in [3.8, 4) is 0 Å². The summed E-state index contributed by atoms with van der Waals surface area (Å²) in [5.41, 5.74) is 0.989. The normalized spacial score (nSPS) is 16.0. The van der Waals surface area contributed by atoms with Crippen LogP contribution in [0.25, 0.3) is 0 Å². The number of hydrogen-bond donors (Lipinski definition) is 2. The number of furan rings is 1. The van der Waals surface area contributed by atoms with E-state index in [1.807, 2.05) is 12.1 Å². The van der Waals surface area contributed by atoms with Gasteiger partial charge in [-0.1, -0.05) is 12.1 Å². The number of hydrogen-bond acceptors (Lipinski definition) is 3. The maximum absolute atomic E-state index is 12.9. The van der Waals surface area contributed by atoms with E-state index in [-0.39, 0.29) is 11.9 Å². The molecule has 0 bridgehead atoms. The van der Waals surface area contributed by atoms with Crippen LogP contribution in [0.4, 0.5) is 4.39 Å². The fourth-order valence-electron chi connectivity index (χ4n) is 2.98. The first-order chi connectivity index (χ1) is 11.7. The molecule has 1 saturated heterocycles. The van der Waals surface area contributed by atoms with Crippen molar-refractivity contribution in [2.45, 2.75) is 25.4 Å². The van der Waals surface area contributed by atoms with Gasteiger partial charge in [-0.05, 0) is 68.0 Å². The van der Waals surface area contributed by atoms with Gasteiger partial charge in [0.1, 0.15) is 11.6 Å². The van der Waals surface area contributed by atoms with Crippen LogP contribution in [0.1, 0.15) is 30.2 Å². The third-order valence-electron chi connectivity index (χ3n) is 4.28. The molecule has 0 amide bonds. The molecular formula is C18H22FN3OS. The molecule has 2 heterocycles. The van der Waals surface area contributed by atoms with E-state index >= 15 is 0 Å². The van der Waals surface area contributed by atoms with Gasteiger partial charge < -0.3 is 15.1 Å². The lowest BCUT2D eigenvalue weighted by Gasteiger charge is -2.26. The Balaban J connectivity index is 1.50. The van der Waals surface area contributed by atoms with E-state index in [4.69, 9.17) is 16.6 Å². The minimum atomic E-state index is -0.230. The summed E-state index contributed by atoms with van der Waals surface area (Å²) in [5, 5.41) is 7.03. The summed E-state index contributed by atoms with van der Waals surface area (Å²) in [7, 11) is 0. The van der Waals surface area contributed by atoms with E-state index in [9.17, 15) is 4.39 Å². The van der Waals surface area contributed by atoms with Crippen molar-refractivity contribution in [2.24, 2.45) is 0 Å². The molecule has 1 aromatic heterocycles. The van der Waals surface area contributed by atoms with E-state index < -0.39 is 0 Å². The first kappa shape index (κ1) is 16.9. The monoisotopic (exact) mass is 347 g/mol. The van der Waals surface area contributed by atoms with Crippen LogP contribution in [0.5, 0.6) is 0 Å². The molecular weight excluding hydrogens is 325 g/mol. The number of nitrogens with zero attached hydrogens (tertiary/aromatic N) is 1. The van der Waals surface area contributed by atoms with Gasteiger partial charge in [0.15, 0.2) is 5.11 Å². The van der Waals surface area contributed by atoms with Crippen LogP contribution in [0.3, 0.4) is 0 Å². The second-order valence-corrected chi connectivity index (χ2v) is 6.37. The van der Waals surface area contributed by atoms with Gasteiger partial charge >= 0.3 is 0 Å². The molecule has 4 nitrogen and oxygen atoms in total. The van der Waals surface area contributed by atoms with Gasteiger partial charge in [0.25, 0.3) is 0 Å². The molecule has 1 aliphatic rings. The summed E-state index contributed by atoms with van der Waals surface area (Å²) in [6.07, 6.45) is 4.17. The highest BCUT2D eigenvalue weighted by Gasteiger charge is 2.25. The topological polar surface area (TPSA) is 40.4 Å². The van der Waals surface area contributed by atoms with Crippen LogP contribution in [0.15, 0.2) is 47.1 Å². The maximum atomic E-state index is 12.9. The zero-order valence-corrected chi connectivity index (χ0v) is 14.3. The highest BCUT2D eigenvalue weighted by atomic mass is 32.1. The summed E-state index contributed by atoms with van der Waals surface area (Å²) in [4.78, 5) is 2.43. The summed E-state index contributed by atoms with van der Waals surface area (Å²) in [5.74, 6) is 0.733. The van der Waals surface area contributed by atoms with Crippen LogP contribution in [0, 0.1) is 5.82 Å². The smallest absolute Gasteiger partial charge is 0.166 e. The molecule has 6 heteroatoms. The van der Waals surface area contributed by atoms with Gasteiger partial charge in [0, 0.05) is 13.1 Å². The van der Waals surface area contributed by atoms with Gasteiger partial charge in [0.05, 0.1) is 12.3 Å². The first-order valence-corrected chi connectivity index (χ1v) is 8.67. The summed E-state index contributed by atoms with van der Waals surface area (Å²) >= 11 is 5.36. The zero-order valence-electron chi connectivity index (χ0n) is 13.5. The van der Waals surface area contributed by atoms with Crippen LogP contribution in [0.2, 0.25) is 0 Å². The van der Waals surface area contributed by atoms with E-state index in [1.54, 1.807) is 18.4 Å². The van der Waals surface area contributed by atoms with Gasteiger partial charge in [-0.2, -0.15) is 0 Å². The second-order valence-electron chi connectivity index (χ2n) is 5.96. The Hall–Kier alpha value is -1.92. The molecule has 1 fully saturated rings. The predicted octanol–water partition coefficient (Wildman–Crippen LogP) is 3.22. The van der Waals surface area contributed by atoms with Crippen LogP contribution in [-0.2, 0) is 6.54 Å². The summed E-state index contributed by atoms with van der Waals surface area (Å²) in [6.45, 7) is 3.44. The lowest BCUT2D eigenvalue weighted by Crippen LogP contribution is -2.41. The van der Waals surface area contributed by atoms with Crippen molar-refractivity contribution in [1.29, 1.82) is 0 Å². The van der Waals surface area contributed by atoms with Crippen LogP contribution >= 0.6 is 12.2 Å². The van der Waals surface area contributed by atoms with Gasteiger partial charge in [0.2, 0.25) is 0 Å². The standard InChI is InChI=1S/C18H22FN3OS/c19-15-7-5-14(6-8-15)12-20-18(24)21-13-16(17-4-3-11-23-17)22-9-1-2-10-22/h3-8,11,16H,1-2,9-10,12-13H2,(H2,20,21,24)/t16-/m1/s1. The van der Waals surface area contributed by atoms with Gasteiger partial charge in [-0.3, -0.25) is 4.90 Å². The summed E-state index contributed by atoms with van der Waals surface area (Å²) in [6, 6.07) is 10.5. The van der Waals surface area contributed by atoms with E-state index in [1.165, 1.54) is 25.0 Å². The third-order valence-corrected chi connectivity index (χ3v) is 4.56. The Labute approximate surface area is 147 Å². The Bertz CT molecular complexity index is 639. The lowest BCUT2D eigenvalue weighted by molar-refractivity contribution is 0.215. The molecule has 24 heavy (non-hydrogen) atoms. The molecule has 0 unspecified atom stereocenters. The Morgan fingerprint density at radius 2 is 1.92 bits per heavy atom. The van der Waals surface area contributed by atoms with E-state index in [0.29, 0.717) is 18.2 Å². The zero-order chi connectivity index (χ0) is 16.8. The number of thiocarbonyl (C=S) groups is 1. The first-order valence-electron chi connectivity index (χ1n) is 8.26. The maximum Gasteiger partial charge on any atom is 0.166 e. The summed E-state index contributed by atoms with van der Waals surface area (Å²) < 4.78 is 18.5. The molecule has 0 radical (unpaired) electrons. The number of likely N-dealkylation sites (tertiary alicyclic amines) is 1. The van der Waals surface area contributed by atoms with Crippen molar-refractivity contribution >= 4 is 17.3 Å². The highest BCUT2D eigenvalue weighted by molar-refractivity contribution is 7.80. The Kier molecular flexibility index (Phi) is 5.82. The van der Waals surface area contributed by atoms with Crippen molar-refractivity contribution in [3.05, 3.63) is 59.8 Å². The van der Waals surface area contributed by atoms with Gasteiger partial charge in [-0.15, -0.1) is 0 Å². The second kappa shape index (κ2) is 8.26. The molecule has 1 atom stereocenters. The van der Waals surface area contributed by atoms with E-state index in [0.717, 1.165) is 24.4 Å². The fraction of sp³-hybridized carbons (Fsp3) is 0.389. The number of nitrogens with one attached hydrogen (secondary N) is 2. The number of rotatable bonds is 6. The molecule has 2 N–H and O–H groups in total. The molecule has 0 aliphatic carbocycles. The number of halogens is 1. The highest BCUT2D eigenvalue weighted by Crippen LogP contribution is 2.24. The molecule has 3 rings (SSSR count). The molecule has 0 saturated carbocycles. The fourth-order valence-corrected chi connectivity index (χ4v) is 3.14. The minimum absolute atomic E-state index is 0.188. The van der Waals surface area contributed by atoms with Crippen molar-refractivity contribution < 1.29 is 8.81 Å². The van der Waals surface area contributed by atoms with Crippen molar-refractivity contribution in [2.75, 3.05) is 19.6 Å². The van der Waals surface area contributed by atoms with Crippen LogP contribution in [-0.4, -0.2) is 29.6 Å². The number of benzene rings is 1. The molecule has 128 valence electrons. The molecule has 2 aromatic rings. The molecule has 1 aromatic carbocycles. The van der Waals surface area contributed by atoms with Gasteiger partial charge in [-0.25, -0.2) is 4.39 Å². The average molecular weight is 347 g/mol. The molecule has 0 spiro atoms. The quantitative estimate of drug-likeness (QED) is 0.785. The largest absolute Gasteiger partial charge is 0.468 e. The van der Waals surface area contributed by atoms with Crippen molar-refractivity contribution in [3.63, 3.8) is 0 Å². The average Bonchev–Trinajstić information content (AvgIpc) is 3.29. The minimum Gasteiger partial charge on any atom is -0.468 e. The Morgan fingerprint density at radius 3 is 2.58 bits per heavy atom. The lowest BCUT2D eigenvalue weighted by atomic mass is 10.2. The van der Waals surface area contributed by atoms with E-state index in [2.05, 4.69) is 15.5 Å². The van der Waals surface area contributed by atoms with Crippen molar-refractivity contribution in [1.82, 2.24) is 15.5 Å².